The van der Waals surface area contributed by atoms with Crippen molar-refractivity contribution >= 4 is 56.1 Å². The Labute approximate surface area is 246 Å². The van der Waals surface area contributed by atoms with Crippen LogP contribution in [0.3, 0.4) is 0 Å². The largest absolute Gasteiger partial charge is 0.481 e. The number of carbonyl (C=O) groups is 4. The third-order valence-electron chi connectivity index (χ3n) is 7.12. The SMILES string of the molecule is CC(C)[C@H](NC(=O)Cc1c[nH]c2ccccc12)C1=NOC(Cc2ccccc2)(C(=O)N[C@@H](CC(=O)O)C(=O)CBr)C1. The Morgan fingerprint density at radius 3 is 2.46 bits per heavy atom. The maximum atomic E-state index is 13.7. The van der Waals surface area contributed by atoms with E-state index in [-0.39, 0.29) is 36.4 Å². The first-order chi connectivity index (χ1) is 19.6. The first-order valence-electron chi connectivity index (χ1n) is 13.4. The van der Waals surface area contributed by atoms with Crippen molar-refractivity contribution < 1.29 is 29.1 Å². The quantitative estimate of drug-likeness (QED) is 0.214. The summed E-state index contributed by atoms with van der Waals surface area (Å²) in [4.78, 5) is 59.7. The maximum absolute atomic E-state index is 13.7. The second-order valence-corrected chi connectivity index (χ2v) is 11.1. The molecule has 4 rings (SSSR count). The Morgan fingerprint density at radius 2 is 1.78 bits per heavy atom. The van der Waals surface area contributed by atoms with Crippen LogP contribution in [-0.2, 0) is 36.9 Å². The van der Waals surface area contributed by atoms with E-state index in [9.17, 15) is 24.3 Å². The molecule has 2 heterocycles. The fourth-order valence-electron chi connectivity index (χ4n) is 5.01. The molecule has 41 heavy (non-hydrogen) atoms. The summed E-state index contributed by atoms with van der Waals surface area (Å²) in [6.07, 6.45) is 1.59. The van der Waals surface area contributed by atoms with E-state index in [1.807, 2.05) is 74.6 Å². The van der Waals surface area contributed by atoms with Gasteiger partial charge in [-0.25, -0.2) is 0 Å². The molecule has 2 amide bonds. The number of amides is 2. The normalized spacial score (nSPS) is 17.9. The van der Waals surface area contributed by atoms with Gasteiger partial charge in [-0.2, -0.15) is 0 Å². The molecule has 0 fully saturated rings. The molecule has 216 valence electrons. The number of carboxylic acids is 1. The number of hydrogen-bond donors (Lipinski definition) is 4. The number of fused-ring (bicyclic) bond motifs is 1. The van der Waals surface area contributed by atoms with Crippen molar-refractivity contribution in [2.45, 2.75) is 57.2 Å². The van der Waals surface area contributed by atoms with Crippen LogP contribution in [0, 0.1) is 5.92 Å². The smallest absolute Gasteiger partial charge is 0.305 e. The summed E-state index contributed by atoms with van der Waals surface area (Å²) in [5.41, 5.74) is 1.56. The Bertz CT molecular complexity index is 1450. The first kappa shape index (κ1) is 30.0. The molecule has 3 aromatic rings. The van der Waals surface area contributed by atoms with Gasteiger partial charge in [0.05, 0.1) is 36.0 Å². The van der Waals surface area contributed by atoms with E-state index in [4.69, 9.17) is 4.84 Å². The van der Waals surface area contributed by atoms with E-state index in [0.29, 0.717) is 5.71 Å². The monoisotopic (exact) mass is 624 g/mol. The molecule has 4 N–H and O–H groups in total. The lowest BCUT2D eigenvalue weighted by atomic mass is 9.84. The fourth-order valence-corrected chi connectivity index (χ4v) is 5.40. The number of halogens is 1. The molecule has 1 aliphatic rings. The molecule has 1 aliphatic heterocycles. The number of aliphatic carboxylic acids is 1. The Hall–Kier alpha value is -3.99. The number of aromatic nitrogens is 1. The van der Waals surface area contributed by atoms with Crippen LogP contribution < -0.4 is 10.6 Å². The molecule has 1 aromatic heterocycles. The number of ketones is 1. The first-order valence-corrected chi connectivity index (χ1v) is 14.5. The van der Waals surface area contributed by atoms with Gasteiger partial charge >= 0.3 is 5.97 Å². The number of carboxylic acid groups (broad SMARTS) is 1. The van der Waals surface area contributed by atoms with Gasteiger partial charge in [-0.3, -0.25) is 19.2 Å². The summed E-state index contributed by atoms with van der Waals surface area (Å²) in [5, 5.41) is 20.1. The van der Waals surface area contributed by atoms with Gasteiger partial charge in [-0.05, 0) is 23.1 Å². The van der Waals surface area contributed by atoms with Gasteiger partial charge < -0.3 is 25.6 Å². The summed E-state index contributed by atoms with van der Waals surface area (Å²) < 4.78 is 0. The van der Waals surface area contributed by atoms with E-state index >= 15 is 0 Å². The predicted octanol–water partition coefficient (Wildman–Crippen LogP) is 3.53. The van der Waals surface area contributed by atoms with Crippen LogP contribution in [0.2, 0.25) is 0 Å². The summed E-state index contributed by atoms with van der Waals surface area (Å²) in [7, 11) is 0. The number of oxime groups is 1. The summed E-state index contributed by atoms with van der Waals surface area (Å²) in [5.74, 6) is -2.61. The second-order valence-electron chi connectivity index (χ2n) is 10.6. The molecule has 0 saturated heterocycles. The topological polar surface area (TPSA) is 150 Å². The summed E-state index contributed by atoms with van der Waals surface area (Å²) >= 11 is 3.06. The number of hydrogen-bond acceptors (Lipinski definition) is 6. The van der Waals surface area contributed by atoms with Gasteiger partial charge in [0.1, 0.15) is 0 Å². The number of rotatable bonds is 13. The molecule has 3 atom stereocenters. The zero-order chi connectivity index (χ0) is 29.6. The van der Waals surface area contributed by atoms with Crippen molar-refractivity contribution in [1.29, 1.82) is 0 Å². The highest BCUT2D eigenvalue weighted by molar-refractivity contribution is 9.09. The van der Waals surface area contributed by atoms with E-state index in [1.54, 1.807) is 0 Å². The van der Waals surface area contributed by atoms with Crippen LogP contribution in [0.5, 0.6) is 0 Å². The summed E-state index contributed by atoms with van der Waals surface area (Å²) in [6.45, 7) is 3.88. The lowest BCUT2D eigenvalue weighted by Crippen LogP contribution is -2.55. The van der Waals surface area contributed by atoms with Crippen molar-refractivity contribution in [3.8, 4) is 0 Å². The van der Waals surface area contributed by atoms with Crippen molar-refractivity contribution in [1.82, 2.24) is 15.6 Å². The molecule has 1 unspecified atom stereocenters. The van der Waals surface area contributed by atoms with Crippen molar-refractivity contribution in [3.05, 3.63) is 71.9 Å². The van der Waals surface area contributed by atoms with Crippen LogP contribution in [0.1, 0.15) is 37.8 Å². The zero-order valence-corrected chi connectivity index (χ0v) is 24.4. The average Bonchev–Trinajstić information content (AvgIpc) is 3.56. The van der Waals surface area contributed by atoms with Crippen LogP contribution in [0.15, 0.2) is 65.9 Å². The van der Waals surface area contributed by atoms with Crippen molar-refractivity contribution in [3.63, 3.8) is 0 Å². The highest BCUT2D eigenvalue weighted by atomic mass is 79.9. The second kappa shape index (κ2) is 13.1. The number of aromatic amines is 1. The highest BCUT2D eigenvalue weighted by Crippen LogP contribution is 2.31. The Balaban J connectivity index is 1.54. The van der Waals surface area contributed by atoms with Crippen LogP contribution >= 0.6 is 15.9 Å². The molecule has 0 radical (unpaired) electrons. The van der Waals surface area contributed by atoms with Gasteiger partial charge in [-0.1, -0.05) is 83.5 Å². The minimum absolute atomic E-state index is 0.0479. The molecule has 0 bridgehead atoms. The van der Waals surface area contributed by atoms with Crippen LogP contribution in [-0.4, -0.2) is 62.4 Å². The molecule has 10 nitrogen and oxygen atoms in total. The standard InChI is InChI=1S/C30H33BrN4O6/c1-18(2)28(34-26(37)12-20-17-32-22-11-7-6-10-21(20)22)24-15-30(41-35-24,14-19-8-4-3-5-9-19)29(40)33-23(13-27(38)39)25(36)16-31/h3-11,17-18,23,28,32H,12-16H2,1-2H3,(H,33,40)(H,34,37)(H,38,39)/t23-,28-,30?/m0/s1. The number of alkyl halides is 1. The van der Waals surface area contributed by atoms with Gasteiger partial charge in [0, 0.05) is 29.9 Å². The summed E-state index contributed by atoms with van der Waals surface area (Å²) in [6, 6.07) is 15.2. The number of para-hydroxylation sites is 1. The van der Waals surface area contributed by atoms with Gasteiger partial charge in [0.25, 0.3) is 5.91 Å². The Morgan fingerprint density at radius 1 is 1.07 bits per heavy atom. The number of nitrogens with one attached hydrogen (secondary N) is 3. The van der Waals surface area contributed by atoms with E-state index in [0.717, 1.165) is 22.0 Å². The number of H-pyrrole nitrogens is 1. The molecule has 0 aliphatic carbocycles. The van der Waals surface area contributed by atoms with Crippen molar-refractivity contribution in [2.75, 3.05) is 5.33 Å². The van der Waals surface area contributed by atoms with Gasteiger partial charge in [0.2, 0.25) is 11.5 Å². The maximum Gasteiger partial charge on any atom is 0.305 e. The van der Waals surface area contributed by atoms with Crippen molar-refractivity contribution in [2.24, 2.45) is 11.1 Å². The number of Topliss-reactive ketones (excluding diaryl/α,β-unsaturated/α-hetero) is 1. The third kappa shape index (κ3) is 7.21. The van der Waals surface area contributed by atoms with Crippen LogP contribution in [0.4, 0.5) is 0 Å². The minimum Gasteiger partial charge on any atom is -0.481 e. The lowest BCUT2D eigenvalue weighted by Gasteiger charge is -2.29. The predicted molar refractivity (Wildman–Crippen MR) is 158 cm³/mol. The molecule has 0 saturated carbocycles. The zero-order valence-electron chi connectivity index (χ0n) is 22.9. The fraction of sp³-hybridized carbons (Fsp3) is 0.367. The van der Waals surface area contributed by atoms with E-state index < -0.39 is 41.8 Å². The minimum atomic E-state index is -1.53. The molecule has 2 aromatic carbocycles. The number of carbonyl (C=O) groups excluding carboxylic acids is 3. The third-order valence-corrected chi connectivity index (χ3v) is 7.68. The number of benzene rings is 2. The number of nitrogens with zero attached hydrogens (tertiary/aromatic N) is 1. The Kier molecular flexibility index (Phi) is 9.59. The molecule has 11 heteroatoms. The van der Waals surface area contributed by atoms with Gasteiger partial charge in [0.15, 0.2) is 5.78 Å². The molecular weight excluding hydrogens is 592 g/mol. The lowest BCUT2D eigenvalue weighted by molar-refractivity contribution is -0.147. The van der Waals surface area contributed by atoms with Crippen LogP contribution in [0.25, 0.3) is 10.9 Å². The highest BCUT2D eigenvalue weighted by Gasteiger charge is 2.49. The molecule has 0 spiro atoms. The average molecular weight is 626 g/mol. The van der Waals surface area contributed by atoms with Gasteiger partial charge in [-0.15, -0.1) is 0 Å². The van der Waals surface area contributed by atoms with E-state index in [1.165, 1.54) is 0 Å². The van der Waals surface area contributed by atoms with E-state index in [2.05, 4.69) is 36.7 Å². The molecular formula is C30H33BrN4O6.